The predicted octanol–water partition coefficient (Wildman–Crippen LogP) is 1.27. The summed E-state index contributed by atoms with van der Waals surface area (Å²) < 4.78 is 13.0. The average Bonchev–Trinajstić information content (AvgIpc) is 2.21. The molecular weight excluding hydrogens is 225 g/mol. The van der Waals surface area contributed by atoms with Crippen molar-refractivity contribution in [3.05, 3.63) is 35.1 Å². The molecule has 0 radical (unpaired) electrons. The Labute approximate surface area is 98.5 Å². The molecule has 1 aromatic rings. The zero-order valence-electron chi connectivity index (χ0n) is 9.66. The van der Waals surface area contributed by atoms with E-state index in [0.29, 0.717) is 5.56 Å². The van der Waals surface area contributed by atoms with Crippen LogP contribution in [0.3, 0.4) is 0 Å². The third kappa shape index (κ3) is 3.86. The number of nitrogens with one attached hydrogen (secondary N) is 1. The molecule has 2 N–H and O–H groups in total. The highest BCUT2D eigenvalue weighted by Gasteiger charge is 2.19. The van der Waals surface area contributed by atoms with E-state index in [2.05, 4.69) is 5.32 Å². The van der Waals surface area contributed by atoms with E-state index in [1.54, 1.807) is 13.0 Å². The molecule has 0 spiro atoms. The van der Waals surface area contributed by atoms with Crippen LogP contribution in [0, 0.1) is 12.7 Å². The Kier molecular flexibility index (Phi) is 4.20. The minimum absolute atomic E-state index is 0.0680. The van der Waals surface area contributed by atoms with Gasteiger partial charge in [-0.3, -0.25) is 4.79 Å². The molecule has 5 heteroatoms. The Bertz CT molecular complexity index is 445. The summed E-state index contributed by atoms with van der Waals surface area (Å²) in [4.78, 5) is 21.8. The number of hydrogen-bond acceptors (Lipinski definition) is 2. The number of rotatable bonds is 4. The Balaban J connectivity index is 2.89. The van der Waals surface area contributed by atoms with Crippen LogP contribution in [0.4, 0.5) is 4.39 Å². The molecule has 0 saturated carbocycles. The number of amides is 1. The van der Waals surface area contributed by atoms with Gasteiger partial charge in [0.2, 0.25) is 5.91 Å². The van der Waals surface area contributed by atoms with Crippen molar-refractivity contribution in [2.75, 3.05) is 0 Å². The first-order valence-corrected chi connectivity index (χ1v) is 5.15. The molecule has 1 amide bonds. The van der Waals surface area contributed by atoms with Crippen LogP contribution in [0.1, 0.15) is 18.1 Å². The van der Waals surface area contributed by atoms with Gasteiger partial charge in [-0.2, -0.15) is 0 Å². The molecule has 0 aliphatic carbocycles. The van der Waals surface area contributed by atoms with Crippen molar-refractivity contribution in [2.45, 2.75) is 26.3 Å². The summed E-state index contributed by atoms with van der Waals surface area (Å²) in [5, 5.41) is 11.2. The van der Waals surface area contributed by atoms with Gasteiger partial charge in [-0.15, -0.1) is 0 Å². The van der Waals surface area contributed by atoms with Crippen molar-refractivity contribution in [2.24, 2.45) is 0 Å². The van der Waals surface area contributed by atoms with Crippen molar-refractivity contribution in [1.82, 2.24) is 5.32 Å². The first kappa shape index (κ1) is 13.2. The lowest BCUT2D eigenvalue weighted by Gasteiger charge is -2.14. The number of aliphatic carboxylic acids is 1. The van der Waals surface area contributed by atoms with Crippen molar-refractivity contribution < 1.29 is 19.1 Å². The van der Waals surface area contributed by atoms with Crippen LogP contribution in [-0.2, 0) is 16.0 Å². The van der Waals surface area contributed by atoms with Gasteiger partial charge in [0.15, 0.2) is 0 Å². The maximum Gasteiger partial charge on any atom is 0.326 e. The largest absolute Gasteiger partial charge is 0.480 e. The lowest BCUT2D eigenvalue weighted by molar-refractivity contribution is -0.141. The Hall–Kier alpha value is -1.91. The number of halogens is 1. The van der Waals surface area contributed by atoms with E-state index >= 15 is 0 Å². The number of carbonyl (C=O) groups is 2. The minimum Gasteiger partial charge on any atom is -0.480 e. The van der Waals surface area contributed by atoms with Crippen LogP contribution < -0.4 is 5.32 Å². The van der Waals surface area contributed by atoms with Crippen molar-refractivity contribution >= 4 is 11.9 Å². The number of carboxylic acids is 1. The molecule has 0 aliphatic heterocycles. The van der Waals surface area contributed by atoms with Crippen LogP contribution in [0.5, 0.6) is 0 Å². The van der Waals surface area contributed by atoms with Crippen LogP contribution in [0.15, 0.2) is 18.2 Å². The monoisotopic (exact) mass is 239 g/mol. The van der Waals surface area contributed by atoms with Gasteiger partial charge < -0.3 is 10.4 Å². The van der Waals surface area contributed by atoms with Gasteiger partial charge in [0, 0.05) is 13.3 Å². The zero-order valence-corrected chi connectivity index (χ0v) is 9.66. The quantitative estimate of drug-likeness (QED) is 0.831. The van der Waals surface area contributed by atoms with E-state index < -0.39 is 23.7 Å². The number of carbonyl (C=O) groups excluding carboxylic acids is 1. The fourth-order valence-electron chi connectivity index (χ4n) is 1.53. The maximum atomic E-state index is 13.0. The molecular formula is C12H14FNO3. The number of hydrogen-bond donors (Lipinski definition) is 2. The van der Waals surface area contributed by atoms with Gasteiger partial charge in [0.05, 0.1) is 0 Å². The van der Waals surface area contributed by atoms with Gasteiger partial charge in [-0.05, 0) is 30.2 Å². The van der Waals surface area contributed by atoms with Crippen LogP contribution in [-0.4, -0.2) is 23.0 Å². The number of carboxylic acid groups (broad SMARTS) is 1. The summed E-state index contributed by atoms with van der Waals surface area (Å²) in [6.45, 7) is 3.01. The topological polar surface area (TPSA) is 66.4 Å². The van der Waals surface area contributed by atoms with Gasteiger partial charge >= 0.3 is 5.97 Å². The van der Waals surface area contributed by atoms with Gasteiger partial charge in [0.25, 0.3) is 0 Å². The zero-order chi connectivity index (χ0) is 13.0. The first-order chi connectivity index (χ1) is 7.90. The highest BCUT2D eigenvalue weighted by Crippen LogP contribution is 2.12. The second-order valence-corrected chi connectivity index (χ2v) is 3.87. The van der Waals surface area contributed by atoms with Gasteiger partial charge in [-0.1, -0.05) is 6.07 Å². The Morgan fingerprint density at radius 2 is 2.12 bits per heavy atom. The molecule has 0 aliphatic rings. The Morgan fingerprint density at radius 3 is 2.65 bits per heavy atom. The van der Waals surface area contributed by atoms with Crippen LogP contribution in [0.2, 0.25) is 0 Å². The summed E-state index contributed by atoms with van der Waals surface area (Å²) in [5.74, 6) is -1.98. The third-order valence-electron chi connectivity index (χ3n) is 2.41. The van der Waals surface area contributed by atoms with E-state index in [1.165, 1.54) is 19.1 Å². The minimum atomic E-state index is -1.14. The number of benzene rings is 1. The molecule has 1 aromatic carbocycles. The van der Waals surface area contributed by atoms with Crippen molar-refractivity contribution in [3.63, 3.8) is 0 Å². The van der Waals surface area contributed by atoms with E-state index in [4.69, 9.17) is 5.11 Å². The van der Waals surface area contributed by atoms with Crippen molar-refractivity contribution in [3.8, 4) is 0 Å². The average molecular weight is 239 g/mol. The molecule has 0 aromatic heterocycles. The molecule has 0 heterocycles. The molecule has 0 fully saturated rings. The first-order valence-electron chi connectivity index (χ1n) is 5.15. The molecule has 1 atom stereocenters. The maximum absolute atomic E-state index is 13.0. The predicted molar refractivity (Wildman–Crippen MR) is 60.1 cm³/mol. The summed E-state index contributed by atoms with van der Waals surface area (Å²) in [7, 11) is 0. The molecule has 92 valence electrons. The Morgan fingerprint density at radius 1 is 1.47 bits per heavy atom. The summed E-state index contributed by atoms with van der Waals surface area (Å²) in [6.07, 6.45) is 0.0680. The smallest absolute Gasteiger partial charge is 0.326 e. The second-order valence-electron chi connectivity index (χ2n) is 3.87. The molecule has 17 heavy (non-hydrogen) atoms. The standard InChI is InChI=1S/C12H14FNO3/c1-7-3-4-10(13)5-9(7)6-11(12(16)17)14-8(2)15/h3-5,11H,6H2,1-2H3,(H,14,15)(H,16,17). The van der Waals surface area contributed by atoms with E-state index in [1.807, 2.05) is 0 Å². The summed E-state index contributed by atoms with van der Waals surface area (Å²) in [6, 6.07) is 3.14. The molecule has 0 bridgehead atoms. The highest BCUT2D eigenvalue weighted by molar-refractivity contribution is 5.82. The van der Waals surface area contributed by atoms with E-state index in [-0.39, 0.29) is 6.42 Å². The lowest BCUT2D eigenvalue weighted by Crippen LogP contribution is -2.41. The lowest BCUT2D eigenvalue weighted by atomic mass is 10.0. The number of aryl methyl sites for hydroxylation is 1. The van der Waals surface area contributed by atoms with E-state index in [9.17, 15) is 14.0 Å². The highest BCUT2D eigenvalue weighted by atomic mass is 19.1. The normalized spacial score (nSPS) is 11.9. The molecule has 1 unspecified atom stereocenters. The summed E-state index contributed by atoms with van der Waals surface area (Å²) in [5.41, 5.74) is 1.37. The second kappa shape index (κ2) is 5.43. The molecule has 1 rings (SSSR count). The third-order valence-corrected chi connectivity index (χ3v) is 2.41. The SMILES string of the molecule is CC(=O)NC(Cc1cc(F)ccc1C)C(=O)O. The molecule has 0 saturated heterocycles. The fourth-order valence-corrected chi connectivity index (χ4v) is 1.53. The van der Waals surface area contributed by atoms with E-state index in [0.717, 1.165) is 5.56 Å². The molecule has 4 nitrogen and oxygen atoms in total. The summed E-state index contributed by atoms with van der Waals surface area (Å²) >= 11 is 0. The van der Waals surface area contributed by atoms with Crippen LogP contribution in [0.25, 0.3) is 0 Å². The van der Waals surface area contributed by atoms with Gasteiger partial charge in [0.1, 0.15) is 11.9 Å². The van der Waals surface area contributed by atoms with Crippen molar-refractivity contribution in [1.29, 1.82) is 0 Å². The van der Waals surface area contributed by atoms with Crippen LogP contribution >= 0.6 is 0 Å². The fraction of sp³-hybridized carbons (Fsp3) is 0.333. The van der Waals surface area contributed by atoms with Gasteiger partial charge in [-0.25, -0.2) is 9.18 Å².